The molecule has 0 saturated carbocycles. The maximum absolute atomic E-state index is 5.80. The normalized spacial score (nSPS) is 10.7. The van der Waals surface area contributed by atoms with Gasteiger partial charge in [-0.15, -0.1) is 0 Å². The van der Waals surface area contributed by atoms with Gasteiger partial charge in [-0.3, -0.25) is 0 Å². The lowest BCUT2D eigenvalue weighted by Gasteiger charge is -2.02. The second-order valence-electron chi connectivity index (χ2n) is 2.56. The number of rotatable bonds is 0. The largest absolute Gasteiger partial charge is 0.235 e. The Balaban J connectivity index is 2.92. The molecule has 66 valence electrons. The first-order valence-corrected chi connectivity index (χ1v) is 5.55. The monoisotopic (exact) mass is 319 g/mol. The molecule has 2 rings (SSSR count). The molecule has 0 N–H and O–H groups in total. The minimum atomic E-state index is 0.506. The van der Waals surface area contributed by atoms with E-state index in [0.29, 0.717) is 5.15 Å². The summed E-state index contributed by atoms with van der Waals surface area (Å²) < 4.78 is 1.98. The van der Waals surface area contributed by atoms with Crippen molar-refractivity contribution in [2.24, 2.45) is 0 Å². The molecule has 0 atom stereocenters. The summed E-state index contributed by atoms with van der Waals surface area (Å²) in [6.45, 7) is 0. The zero-order valence-electron chi connectivity index (χ0n) is 6.39. The van der Waals surface area contributed by atoms with Crippen LogP contribution in [0, 0.1) is 0 Å². The second kappa shape index (κ2) is 3.56. The highest BCUT2D eigenvalue weighted by atomic mass is 79.9. The van der Waals surface area contributed by atoms with Gasteiger partial charge in [0.05, 0.1) is 5.52 Å². The molecule has 0 aliphatic carbocycles. The molecule has 2 aromatic rings. The molecule has 0 aliphatic rings. The number of hydrogen-bond donors (Lipinski definition) is 0. The van der Waals surface area contributed by atoms with Crippen molar-refractivity contribution in [1.29, 1.82) is 0 Å². The molecular weight excluding hydrogens is 317 g/mol. The van der Waals surface area contributed by atoms with Crippen molar-refractivity contribution in [3.63, 3.8) is 0 Å². The SMILES string of the molecule is Clc1ccc2c(Br)ccc(Br)c2n1. The standard InChI is InChI=1S/C9H4Br2ClN/c10-6-2-3-7(11)9-5(6)1-4-8(12)13-9/h1-4H. The van der Waals surface area contributed by atoms with Crippen molar-refractivity contribution in [1.82, 2.24) is 4.98 Å². The third-order valence-electron chi connectivity index (χ3n) is 1.72. The van der Waals surface area contributed by atoms with Gasteiger partial charge in [-0.25, -0.2) is 4.98 Å². The minimum absolute atomic E-state index is 0.506. The Labute approximate surface area is 97.4 Å². The molecule has 0 spiro atoms. The topological polar surface area (TPSA) is 12.9 Å². The molecule has 4 heteroatoms. The van der Waals surface area contributed by atoms with E-state index in [2.05, 4.69) is 36.8 Å². The third kappa shape index (κ3) is 1.73. The molecular formula is C9H4Br2ClN. The van der Waals surface area contributed by atoms with Crippen molar-refractivity contribution >= 4 is 54.4 Å². The first-order chi connectivity index (χ1) is 6.18. The molecule has 0 unspecified atom stereocenters. The lowest BCUT2D eigenvalue weighted by atomic mass is 10.2. The van der Waals surface area contributed by atoms with E-state index in [-0.39, 0.29) is 0 Å². The molecule has 0 bridgehead atoms. The summed E-state index contributed by atoms with van der Waals surface area (Å²) in [5.41, 5.74) is 0.877. The zero-order chi connectivity index (χ0) is 9.42. The van der Waals surface area contributed by atoms with E-state index < -0.39 is 0 Å². The van der Waals surface area contributed by atoms with Crippen LogP contribution in [-0.4, -0.2) is 4.98 Å². The fraction of sp³-hybridized carbons (Fsp3) is 0. The Bertz CT molecular complexity index is 470. The maximum Gasteiger partial charge on any atom is 0.129 e. The van der Waals surface area contributed by atoms with Crippen LogP contribution in [0.3, 0.4) is 0 Å². The van der Waals surface area contributed by atoms with E-state index in [1.165, 1.54) is 0 Å². The molecule has 0 amide bonds. The zero-order valence-corrected chi connectivity index (χ0v) is 10.3. The molecule has 0 saturated heterocycles. The highest BCUT2D eigenvalue weighted by molar-refractivity contribution is 9.11. The number of hydrogen-bond acceptors (Lipinski definition) is 1. The maximum atomic E-state index is 5.80. The van der Waals surface area contributed by atoms with Gasteiger partial charge in [-0.05, 0) is 40.2 Å². The van der Waals surface area contributed by atoms with Gasteiger partial charge in [0.25, 0.3) is 0 Å². The average molecular weight is 321 g/mol. The molecule has 0 radical (unpaired) electrons. The number of aromatic nitrogens is 1. The lowest BCUT2D eigenvalue weighted by Crippen LogP contribution is -1.82. The average Bonchev–Trinajstić information content (AvgIpc) is 2.12. The predicted octanol–water partition coefficient (Wildman–Crippen LogP) is 4.41. The summed E-state index contributed by atoms with van der Waals surface area (Å²) in [5.74, 6) is 0. The van der Waals surface area contributed by atoms with Crippen LogP contribution in [0.25, 0.3) is 10.9 Å². The Morgan fingerprint density at radius 1 is 1.00 bits per heavy atom. The van der Waals surface area contributed by atoms with Gasteiger partial charge in [0.1, 0.15) is 5.15 Å². The smallest absolute Gasteiger partial charge is 0.129 e. The quantitative estimate of drug-likeness (QED) is 0.655. The van der Waals surface area contributed by atoms with Crippen LogP contribution >= 0.6 is 43.5 Å². The summed E-state index contributed by atoms with van der Waals surface area (Å²) in [7, 11) is 0. The van der Waals surface area contributed by atoms with Crippen LogP contribution in [0.15, 0.2) is 33.2 Å². The van der Waals surface area contributed by atoms with Crippen molar-refractivity contribution in [3.8, 4) is 0 Å². The van der Waals surface area contributed by atoms with Crippen LogP contribution in [-0.2, 0) is 0 Å². The lowest BCUT2D eigenvalue weighted by molar-refractivity contribution is 1.40. The summed E-state index contributed by atoms with van der Waals surface area (Å²) in [6, 6.07) is 7.64. The molecule has 0 aliphatic heterocycles. The fourth-order valence-electron chi connectivity index (χ4n) is 1.13. The van der Waals surface area contributed by atoms with E-state index >= 15 is 0 Å². The Morgan fingerprint density at radius 2 is 1.69 bits per heavy atom. The van der Waals surface area contributed by atoms with Crippen molar-refractivity contribution in [2.45, 2.75) is 0 Å². The van der Waals surface area contributed by atoms with E-state index in [0.717, 1.165) is 19.8 Å². The van der Waals surface area contributed by atoms with E-state index in [1.54, 1.807) is 6.07 Å². The van der Waals surface area contributed by atoms with Gasteiger partial charge in [0.15, 0.2) is 0 Å². The summed E-state index contributed by atoms with van der Waals surface area (Å²) in [5, 5.41) is 1.56. The Hall–Kier alpha value is -0.120. The number of fused-ring (bicyclic) bond motifs is 1. The molecule has 0 fully saturated rings. The molecule has 13 heavy (non-hydrogen) atoms. The minimum Gasteiger partial charge on any atom is -0.235 e. The van der Waals surface area contributed by atoms with Gasteiger partial charge in [0.2, 0.25) is 0 Å². The van der Waals surface area contributed by atoms with Gasteiger partial charge in [0, 0.05) is 14.3 Å². The predicted molar refractivity (Wildman–Crippen MR) is 62.2 cm³/mol. The molecule has 1 aromatic carbocycles. The van der Waals surface area contributed by atoms with Crippen LogP contribution in [0.4, 0.5) is 0 Å². The first kappa shape index (κ1) is 9.44. The van der Waals surface area contributed by atoms with Crippen LogP contribution in [0.2, 0.25) is 5.15 Å². The van der Waals surface area contributed by atoms with Crippen LogP contribution in [0.5, 0.6) is 0 Å². The highest BCUT2D eigenvalue weighted by Gasteiger charge is 2.03. The van der Waals surface area contributed by atoms with Gasteiger partial charge in [-0.1, -0.05) is 27.5 Å². The van der Waals surface area contributed by atoms with Crippen molar-refractivity contribution in [2.75, 3.05) is 0 Å². The third-order valence-corrected chi connectivity index (χ3v) is 3.26. The van der Waals surface area contributed by atoms with Gasteiger partial charge < -0.3 is 0 Å². The Kier molecular flexibility index (Phi) is 2.58. The summed E-state index contributed by atoms with van der Waals surface area (Å²) >= 11 is 12.7. The van der Waals surface area contributed by atoms with E-state index in [4.69, 9.17) is 11.6 Å². The fourth-order valence-corrected chi connectivity index (χ4v) is 2.16. The van der Waals surface area contributed by atoms with Gasteiger partial charge >= 0.3 is 0 Å². The van der Waals surface area contributed by atoms with Gasteiger partial charge in [-0.2, -0.15) is 0 Å². The number of nitrogens with zero attached hydrogens (tertiary/aromatic N) is 1. The van der Waals surface area contributed by atoms with Crippen molar-refractivity contribution in [3.05, 3.63) is 38.4 Å². The van der Waals surface area contributed by atoms with E-state index in [1.807, 2.05) is 18.2 Å². The molecule has 1 aromatic heterocycles. The number of pyridine rings is 1. The second-order valence-corrected chi connectivity index (χ2v) is 4.66. The van der Waals surface area contributed by atoms with Crippen molar-refractivity contribution < 1.29 is 0 Å². The molecule has 1 nitrogen and oxygen atoms in total. The van der Waals surface area contributed by atoms with E-state index in [9.17, 15) is 0 Å². The highest BCUT2D eigenvalue weighted by Crippen LogP contribution is 2.29. The number of halogens is 3. The Morgan fingerprint density at radius 3 is 2.46 bits per heavy atom. The summed E-state index contributed by atoms with van der Waals surface area (Å²) in [4.78, 5) is 4.22. The summed E-state index contributed by atoms with van der Waals surface area (Å²) in [6.07, 6.45) is 0. The van der Waals surface area contributed by atoms with Crippen LogP contribution in [0.1, 0.15) is 0 Å². The van der Waals surface area contributed by atoms with Crippen LogP contribution < -0.4 is 0 Å². The molecule has 1 heterocycles. The first-order valence-electron chi connectivity index (χ1n) is 3.59. The number of benzene rings is 1.